The zero-order valence-corrected chi connectivity index (χ0v) is 9.99. The highest BCUT2D eigenvalue weighted by atomic mass is 79.9. The fourth-order valence-electron chi connectivity index (χ4n) is 0.955. The van der Waals surface area contributed by atoms with Gasteiger partial charge in [0.15, 0.2) is 0 Å². The van der Waals surface area contributed by atoms with Crippen molar-refractivity contribution in [1.82, 2.24) is 15.0 Å². The number of aromatic nitrogens is 3. The molecule has 0 unspecified atom stereocenters. The minimum absolute atomic E-state index is 0.446. The van der Waals surface area contributed by atoms with Gasteiger partial charge in [-0.1, -0.05) is 11.8 Å². The number of halogens is 1. The molecule has 2 N–H and O–H groups in total. The first kappa shape index (κ1) is 10.4. The van der Waals surface area contributed by atoms with Gasteiger partial charge in [-0.15, -0.1) is 0 Å². The summed E-state index contributed by atoms with van der Waals surface area (Å²) in [5.41, 5.74) is 5.65. The van der Waals surface area contributed by atoms with Crippen molar-refractivity contribution in [1.29, 1.82) is 0 Å². The summed E-state index contributed by atoms with van der Waals surface area (Å²) in [5, 5.41) is 0.800. The Bertz CT molecular complexity index is 463. The molecule has 6 heteroatoms. The molecule has 0 bridgehead atoms. The van der Waals surface area contributed by atoms with Gasteiger partial charge in [-0.3, -0.25) is 4.98 Å². The summed E-state index contributed by atoms with van der Waals surface area (Å²) in [6.45, 7) is 0. The van der Waals surface area contributed by atoms with Crippen molar-refractivity contribution in [2.24, 2.45) is 0 Å². The van der Waals surface area contributed by atoms with Crippen molar-refractivity contribution in [3.8, 4) is 0 Å². The molecule has 0 spiro atoms. The fourth-order valence-corrected chi connectivity index (χ4v) is 2.18. The first-order chi connectivity index (χ1) is 7.27. The Morgan fingerprint density at radius 1 is 1.20 bits per heavy atom. The molecule has 0 radical (unpaired) electrons. The Kier molecular flexibility index (Phi) is 3.17. The molecule has 0 fully saturated rings. The monoisotopic (exact) mass is 282 g/mol. The molecule has 0 aromatic carbocycles. The van der Waals surface area contributed by atoms with Crippen LogP contribution in [0.15, 0.2) is 45.2 Å². The third-order valence-corrected chi connectivity index (χ3v) is 3.70. The van der Waals surface area contributed by atoms with E-state index in [-0.39, 0.29) is 0 Å². The Labute approximate surface area is 99.5 Å². The number of anilines is 1. The largest absolute Gasteiger partial charge is 0.383 e. The van der Waals surface area contributed by atoms with Gasteiger partial charge >= 0.3 is 0 Å². The number of nitrogens with zero attached hydrogens (tertiary/aromatic N) is 3. The quantitative estimate of drug-likeness (QED) is 0.857. The summed E-state index contributed by atoms with van der Waals surface area (Å²) in [6, 6.07) is 3.82. The van der Waals surface area contributed by atoms with E-state index in [9.17, 15) is 0 Å². The van der Waals surface area contributed by atoms with Gasteiger partial charge in [0.1, 0.15) is 17.2 Å². The number of nitrogens with two attached hydrogens (primary N) is 1. The molecular weight excluding hydrogens is 276 g/mol. The number of rotatable bonds is 2. The lowest BCUT2D eigenvalue weighted by atomic mass is 10.5. The van der Waals surface area contributed by atoms with Crippen LogP contribution in [0, 0.1) is 0 Å². The van der Waals surface area contributed by atoms with Crippen molar-refractivity contribution in [2.75, 3.05) is 5.73 Å². The molecule has 0 amide bonds. The van der Waals surface area contributed by atoms with E-state index in [2.05, 4.69) is 30.9 Å². The van der Waals surface area contributed by atoms with Crippen molar-refractivity contribution in [3.63, 3.8) is 0 Å². The number of hydrogen-bond donors (Lipinski definition) is 1. The van der Waals surface area contributed by atoms with Crippen LogP contribution < -0.4 is 5.73 Å². The summed E-state index contributed by atoms with van der Waals surface area (Å²) < 4.78 is 0.729. The van der Waals surface area contributed by atoms with E-state index in [1.165, 1.54) is 18.1 Å². The highest BCUT2D eigenvalue weighted by Crippen LogP contribution is 2.33. The Morgan fingerprint density at radius 3 is 2.67 bits per heavy atom. The van der Waals surface area contributed by atoms with Gasteiger partial charge in [0, 0.05) is 17.3 Å². The van der Waals surface area contributed by atoms with Gasteiger partial charge in [-0.25, -0.2) is 9.97 Å². The number of nitrogen functional groups attached to an aromatic ring is 1. The molecule has 0 atom stereocenters. The normalized spacial score (nSPS) is 10.2. The van der Waals surface area contributed by atoms with E-state index in [1.807, 2.05) is 12.1 Å². The van der Waals surface area contributed by atoms with Crippen molar-refractivity contribution in [2.45, 2.75) is 9.92 Å². The molecule has 0 saturated carbocycles. The lowest BCUT2D eigenvalue weighted by Crippen LogP contribution is -1.94. The maximum atomic E-state index is 5.65. The summed E-state index contributed by atoms with van der Waals surface area (Å²) in [5.74, 6) is 0.446. The minimum Gasteiger partial charge on any atom is -0.383 e. The minimum atomic E-state index is 0.446. The van der Waals surface area contributed by atoms with E-state index < -0.39 is 0 Å². The predicted molar refractivity (Wildman–Crippen MR) is 62.5 cm³/mol. The van der Waals surface area contributed by atoms with E-state index in [0.29, 0.717) is 5.82 Å². The third-order valence-electron chi connectivity index (χ3n) is 1.65. The van der Waals surface area contributed by atoms with E-state index in [4.69, 9.17) is 5.73 Å². The van der Waals surface area contributed by atoms with Gasteiger partial charge in [0.05, 0.1) is 4.47 Å². The highest BCUT2D eigenvalue weighted by molar-refractivity contribution is 9.10. The molecule has 2 rings (SSSR count). The second-order valence-electron chi connectivity index (χ2n) is 2.66. The van der Waals surface area contributed by atoms with Crippen LogP contribution in [0.2, 0.25) is 0 Å². The van der Waals surface area contributed by atoms with Crippen LogP contribution in [0.3, 0.4) is 0 Å². The first-order valence-corrected chi connectivity index (χ1v) is 5.72. The average Bonchev–Trinajstić information content (AvgIpc) is 2.26. The van der Waals surface area contributed by atoms with Crippen LogP contribution >= 0.6 is 27.7 Å². The average molecular weight is 283 g/mol. The fraction of sp³-hybridized carbons (Fsp3) is 0. The lowest BCUT2D eigenvalue weighted by molar-refractivity contribution is 1.03. The Balaban J connectivity index is 2.29. The van der Waals surface area contributed by atoms with Gasteiger partial charge in [-0.2, -0.15) is 0 Å². The Morgan fingerprint density at radius 2 is 1.93 bits per heavy atom. The molecule has 0 saturated heterocycles. The van der Waals surface area contributed by atoms with Crippen molar-refractivity contribution < 1.29 is 0 Å². The topological polar surface area (TPSA) is 64.7 Å². The smallest absolute Gasteiger partial charge is 0.142 e. The summed E-state index contributed by atoms with van der Waals surface area (Å²) in [7, 11) is 0. The summed E-state index contributed by atoms with van der Waals surface area (Å²) in [6.07, 6.45) is 4.92. The molecule has 15 heavy (non-hydrogen) atoms. The van der Waals surface area contributed by atoms with Crippen LogP contribution in [-0.2, 0) is 0 Å². The standard InChI is InChI=1S/C9H7BrN4S/c10-7-8(11)13-5-14-9(7)15-6-1-3-12-4-2-6/h1-5H,(H2,11,13,14). The SMILES string of the molecule is Nc1ncnc(Sc2ccncc2)c1Br. The Hall–Kier alpha value is -1.14. The highest BCUT2D eigenvalue weighted by Gasteiger charge is 2.07. The van der Waals surface area contributed by atoms with Gasteiger partial charge in [-0.05, 0) is 28.1 Å². The second-order valence-corrected chi connectivity index (χ2v) is 4.52. The first-order valence-electron chi connectivity index (χ1n) is 4.11. The second kappa shape index (κ2) is 4.59. The molecule has 0 aliphatic carbocycles. The van der Waals surface area contributed by atoms with E-state index >= 15 is 0 Å². The van der Waals surface area contributed by atoms with Crippen LogP contribution in [0.1, 0.15) is 0 Å². The van der Waals surface area contributed by atoms with Crippen LogP contribution in [0.5, 0.6) is 0 Å². The number of pyridine rings is 1. The van der Waals surface area contributed by atoms with Crippen LogP contribution in [0.4, 0.5) is 5.82 Å². The molecule has 2 heterocycles. The van der Waals surface area contributed by atoms with Gasteiger partial charge in [0.2, 0.25) is 0 Å². The molecule has 0 aliphatic rings. The van der Waals surface area contributed by atoms with Gasteiger partial charge in [0.25, 0.3) is 0 Å². The van der Waals surface area contributed by atoms with Crippen molar-refractivity contribution in [3.05, 3.63) is 35.3 Å². The maximum Gasteiger partial charge on any atom is 0.142 e. The third kappa shape index (κ3) is 2.45. The predicted octanol–water partition coefficient (Wildman–Crippen LogP) is 2.37. The maximum absolute atomic E-state index is 5.65. The molecule has 76 valence electrons. The molecule has 2 aromatic rings. The molecular formula is C9H7BrN4S. The van der Waals surface area contributed by atoms with Crippen LogP contribution in [-0.4, -0.2) is 15.0 Å². The van der Waals surface area contributed by atoms with E-state index in [0.717, 1.165) is 14.4 Å². The van der Waals surface area contributed by atoms with Crippen LogP contribution in [0.25, 0.3) is 0 Å². The zero-order chi connectivity index (χ0) is 10.7. The summed E-state index contributed by atoms with van der Waals surface area (Å²) in [4.78, 5) is 13.0. The number of hydrogen-bond acceptors (Lipinski definition) is 5. The zero-order valence-electron chi connectivity index (χ0n) is 7.59. The lowest BCUT2D eigenvalue weighted by Gasteiger charge is -2.03. The summed E-state index contributed by atoms with van der Waals surface area (Å²) >= 11 is 4.86. The molecule has 0 aliphatic heterocycles. The van der Waals surface area contributed by atoms with E-state index in [1.54, 1.807) is 12.4 Å². The molecule has 2 aromatic heterocycles. The van der Waals surface area contributed by atoms with Gasteiger partial charge < -0.3 is 5.73 Å². The van der Waals surface area contributed by atoms with Crippen molar-refractivity contribution >= 4 is 33.5 Å². The molecule has 4 nitrogen and oxygen atoms in total.